The first kappa shape index (κ1) is 13.2. The Morgan fingerprint density at radius 2 is 1.68 bits per heavy atom. The second-order valence-corrected chi connectivity index (χ2v) is 4.34. The second kappa shape index (κ2) is 4.79. The van der Waals surface area contributed by atoms with E-state index in [-0.39, 0.29) is 17.1 Å². The van der Waals surface area contributed by atoms with E-state index in [4.69, 9.17) is 0 Å². The number of benzene rings is 1. The van der Waals surface area contributed by atoms with Crippen molar-refractivity contribution in [3.8, 4) is 5.75 Å². The van der Waals surface area contributed by atoms with Crippen LogP contribution in [0.15, 0.2) is 53.5 Å². The molecule has 0 aliphatic heterocycles. The molecule has 0 bridgehead atoms. The van der Waals surface area contributed by atoms with Gasteiger partial charge >= 0.3 is 0 Å². The molecule has 0 saturated heterocycles. The summed E-state index contributed by atoms with van der Waals surface area (Å²) in [4.78, 5) is 0. The van der Waals surface area contributed by atoms with Crippen molar-refractivity contribution in [1.82, 2.24) is 0 Å². The SMILES string of the molecule is OC1=CC(O)(O)CC(O)=C1C=Cc1ccccc1O. The fraction of sp³-hybridized carbons (Fsp3) is 0.143. The first-order valence-electron chi connectivity index (χ1n) is 5.64. The summed E-state index contributed by atoms with van der Waals surface area (Å²) >= 11 is 0. The van der Waals surface area contributed by atoms with E-state index < -0.39 is 18.0 Å². The van der Waals surface area contributed by atoms with Gasteiger partial charge in [-0.3, -0.25) is 0 Å². The fourth-order valence-corrected chi connectivity index (χ4v) is 1.82. The molecule has 0 heterocycles. The molecule has 0 spiro atoms. The molecule has 5 N–H and O–H groups in total. The zero-order valence-corrected chi connectivity index (χ0v) is 9.98. The lowest BCUT2D eigenvalue weighted by Gasteiger charge is -2.23. The molecule has 100 valence electrons. The molecule has 1 aliphatic rings. The Balaban J connectivity index is 2.30. The van der Waals surface area contributed by atoms with E-state index in [1.54, 1.807) is 18.2 Å². The summed E-state index contributed by atoms with van der Waals surface area (Å²) in [6.07, 6.45) is 3.34. The third-order valence-corrected chi connectivity index (χ3v) is 2.75. The van der Waals surface area contributed by atoms with Crippen LogP contribution in [0, 0.1) is 0 Å². The number of allylic oxidation sites excluding steroid dienone is 1. The summed E-state index contributed by atoms with van der Waals surface area (Å²) in [6, 6.07) is 6.58. The predicted octanol–water partition coefficient (Wildman–Crippen LogP) is 1.74. The number of para-hydroxylation sites is 1. The highest BCUT2D eigenvalue weighted by Gasteiger charge is 2.30. The maximum Gasteiger partial charge on any atom is 0.193 e. The highest BCUT2D eigenvalue weighted by molar-refractivity contribution is 5.61. The van der Waals surface area contributed by atoms with E-state index in [2.05, 4.69) is 0 Å². The molecule has 2 rings (SSSR count). The molecule has 1 aliphatic carbocycles. The number of phenols is 1. The van der Waals surface area contributed by atoms with E-state index >= 15 is 0 Å². The van der Waals surface area contributed by atoms with Crippen LogP contribution in [0.25, 0.3) is 6.08 Å². The van der Waals surface area contributed by atoms with Gasteiger partial charge in [0.05, 0.1) is 12.0 Å². The molecule has 0 atom stereocenters. The third-order valence-electron chi connectivity index (χ3n) is 2.75. The maximum atomic E-state index is 9.67. The molecular weight excluding hydrogens is 248 g/mol. The van der Waals surface area contributed by atoms with Gasteiger partial charge in [-0.15, -0.1) is 0 Å². The largest absolute Gasteiger partial charge is 0.511 e. The number of aliphatic hydroxyl groups excluding tert-OH is 2. The first-order valence-corrected chi connectivity index (χ1v) is 5.64. The summed E-state index contributed by atoms with van der Waals surface area (Å²) < 4.78 is 0. The molecule has 0 fully saturated rings. The summed E-state index contributed by atoms with van der Waals surface area (Å²) in [6.45, 7) is 0. The van der Waals surface area contributed by atoms with Crippen molar-refractivity contribution < 1.29 is 25.5 Å². The van der Waals surface area contributed by atoms with E-state index in [9.17, 15) is 25.5 Å². The zero-order chi connectivity index (χ0) is 14.0. The van der Waals surface area contributed by atoms with Crippen LogP contribution in [-0.4, -0.2) is 31.3 Å². The second-order valence-electron chi connectivity index (χ2n) is 4.34. The van der Waals surface area contributed by atoms with Gasteiger partial charge in [-0.05, 0) is 12.1 Å². The highest BCUT2D eigenvalue weighted by atomic mass is 16.5. The van der Waals surface area contributed by atoms with Crippen molar-refractivity contribution in [3.05, 3.63) is 59.1 Å². The summed E-state index contributed by atoms with van der Waals surface area (Å²) in [7, 11) is 0. The standard InChI is InChI=1S/C14H14O5/c15-11-4-2-1-3-9(11)5-6-10-12(16)7-14(18,19)8-13(10)17/h1-7,15-19H,8H2. The smallest absolute Gasteiger partial charge is 0.193 e. The van der Waals surface area contributed by atoms with Gasteiger partial charge in [-0.25, -0.2) is 0 Å². The predicted molar refractivity (Wildman–Crippen MR) is 69.3 cm³/mol. The van der Waals surface area contributed by atoms with Crippen LogP contribution in [0.1, 0.15) is 12.0 Å². The molecule has 0 radical (unpaired) electrons. The van der Waals surface area contributed by atoms with E-state index in [1.165, 1.54) is 18.2 Å². The van der Waals surface area contributed by atoms with Crippen molar-refractivity contribution in [2.75, 3.05) is 0 Å². The normalized spacial score (nSPS) is 18.7. The van der Waals surface area contributed by atoms with E-state index in [0.717, 1.165) is 6.08 Å². The monoisotopic (exact) mass is 262 g/mol. The highest BCUT2D eigenvalue weighted by Crippen LogP contribution is 2.29. The minimum atomic E-state index is -2.25. The van der Waals surface area contributed by atoms with E-state index in [0.29, 0.717) is 5.56 Å². The van der Waals surface area contributed by atoms with Gasteiger partial charge in [0.25, 0.3) is 0 Å². The Morgan fingerprint density at radius 1 is 1.00 bits per heavy atom. The Morgan fingerprint density at radius 3 is 2.32 bits per heavy atom. The van der Waals surface area contributed by atoms with Gasteiger partial charge in [0, 0.05) is 11.6 Å². The molecule has 19 heavy (non-hydrogen) atoms. The Hall–Kier alpha value is -2.24. The van der Waals surface area contributed by atoms with Gasteiger partial charge in [0.1, 0.15) is 17.3 Å². The van der Waals surface area contributed by atoms with Crippen LogP contribution in [0.4, 0.5) is 0 Å². The first-order chi connectivity index (χ1) is 8.89. The number of aliphatic hydroxyl groups is 4. The Kier molecular flexibility index (Phi) is 3.33. The molecule has 1 aromatic carbocycles. The number of hydrogen-bond acceptors (Lipinski definition) is 5. The van der Waals surface area contributed by atoms with Crippen LogP contribution >= 0.6 is 0 Å². The average Bonchev–Trinajstić information content (AvgIpc) is 2.28. The van der Waals surface area contributed by atoms with Gasteiger partial charge in [0.15, 0.2) is 5.79 Å². The third kappa shape index (κ3) is 2.96. The van der Waals surface area contributed by atoms with Gasteiger partial charge in [0.2, 0.25) is 0 Å². The van der Waals surface area contributed by atoms with E-state index in [1.807, 2.05) is 0 Å². The molecule has 5 heteroatoms. The van der Waals surface area contributed by atoms with Crippen LogP contribution in [0.2, 0.25) is 0 Å². The molecule has 0 unspecified atom stereocenters. The number of rotatable bonds is 2. The summed E-state index contributed by atoms with van der Waals surface area (Å²) in [5, 5.41) is 47.5. The van der Waals surface area contributed by atoms with Gasteiger partial charge in [-0.1, -0.05) is 24.3 Å². The quantitative estimate of drug-likeness (QED) is 0.523. The maximum absolute atomic E-state index is 9.67. The summed E-state index contributed by atoms with van der Waals surface area (Å²) in [5.41, 5.74) is 0.599. The topological polar surface area (TPSA) is 101 Å². The number of phenolic OH excluding ortho intramolecular Hbond substituents is 1. The van der Waals surface area contributed by atoms with Crippen LogP contribution < -0.4 is 0 Å². The number of hydrogen-bond donors (Lipinski definition) is 5. The van der Waals surface area contributed by atoms with Crippen molar-refractivity contribution in [1.29, 1.82) is 0 Å². The average molecular weight is 262 g/mol. The van der Waals surface area contributed by atoms with Crippen molar-refractivity contribution >= 4 is 6.08 Å². The Labute approximate surface area is 109 Å². The van der Waals surface area contributed by atoms with Crippen molar-refractivity contribution in [2.24, 2.45) is 0 Å². The Bertz CT molecular complexity index is 581. The molecule has 1 aromatic rings. The minimum Gasteiger partial charge on any atom is -0.511 e. The minimum absolute atomic E-state index is 0.0665. The van der Waals surface area contributed by atoms with Crippen molar-refractivity contribution in [3.63, 3.8) is 0 Å². The van der Waals surface area contributed by atoms with Gasteiger partial charge < -0.3 is 25.5 Å². The van der Waals surface area contributed by atoms with Gasteiger partial charge in [-0.2, -0.15) is 0 Å². The fourth-order valence-electron chi connectivity index (χ4n) is 1.82. The lowest BCUT2D eigenvalue weighted by atomic mass is 9.97. The zero-order valence-electron chi connectivity index (χ0n) is 9.98. The molecule has 0 saturated carbocycles. The van der Waals surface area contributed by atoms with Crippen molar-refractivity contribution in [2.45, 2.75) is 12.2 Å². The van der Waals surface area contributed by atoms with Crippen LogP contribution in [-0.2, 0) is 0 Å². The van der Waals surface area contributed by atoms with Crippen LogP contribution in [0.3, 0.4) is 0 Å². The lowest BCUT2D eigenvalue weighted by Crippen LogP contribution is -2.29. The molecule has 0 aromatic heterocycles. The molecule has 0 amide bonds. The molecule has 5 nitrogen and oxygen atoms in total. The lowest BCUT2D eigenvalue weighted by molar-refractivity contribution is -0.124. The summed E-state index contributed by atoms with van der Waals surface area (Å²) in [5.74, 6) is -2.95. The van der Waals surface area contributed by atoms with Crippen LogP contribution in [0.5, 0.6) is 5.75 Å². The number of aromatic hydroxyl groups is 1. The molecular formula is C14H14O5.